The quantitative estimate of drug-likeness (QED) is 0.839. The SMILES string of the molecule is CC(C)C(=O)N1CC[C@H](c2nc3cccnc3n2C)C1. The molecule has 1 fully saturated rings. The fourth-order valence-electron chi connectivity index (χ4n) is 2.94. The molecule has 2 aromatic heterocycles. The van der Waals surface area contributed by atoms with Crippen LogP contribution in [0.2, 0.25) is 0 Å². The molecule has 5 heteroatoms. The summed E-state index contributed by atoms with van der Waals surface area (Å²) in [7, 11) is 2.00. The number of amides is 1. The first-order valence-electron chi connectivity index (χ1n) is 7.14. The average molecular weight is 272 g/mol. The van der Waals surface area contributed by atoms with Crippen LogP contribution in [0, 0.1) is 5.92 Å². The lowest BCUT2D eigenvalue weighted by atomic mass is 10.1. The van der Waals surface area contributed by atoms with Gasteiger partial charge in [-0.15, -0.1) is 0 Å². The van der Waals surface area contributed by atoms with Gasteiger partial charge in [-0.05, 0) is 18.6 Å². The second-order valence-electron chi connectivity index (χ2n) is 5.80. The molecule has 3 rings (SSSR count). The largest absolute Gasteiger partial charge is 0.342 e. The molecule has 2 aromatic rings. The number of nitrogens with zero attached hydrogens (tertiary/aromatic N) is 4. The Labute approximate surface area is 118 Å². The lowest BCUT2D eigenvalue weighted by Crippen LogP contribution is -2.32. The molecule has 106 valence electrons. The van der Waals surface area contributed by atoms with Crippen molar-refractivity contribution in [2.45, 2.75) is 26.2 Å². The number of rotatable bonds is 2. The van der Waals surface area contributed by atoms with Gasteiger partial charge in [-0.3, -0.25) is 4.79 Å². The highest BCUT2D eigenvalue weighted by molar-refractivity contribution is 5.78. The van der Waals surface area contributed by atoms with Crippen LogP contribution in [0.1, 0.15) is 32.0 Å². The van der Waals surface area contributed by atoms with Crippen molar-refractivity contribution in [1.82, 2.24) is 19.4 Å². The highest BCUT2D eigenvalue weighted by Gasteiger charge is 2.31. The van der Waals surface area contributed by atoms with Crippen LogP contribution in [0.15, 0.2) is 18.3 Å². The summed E-state index contributed by atoms with van der Waals surface area (Å²) in [5.74, 6) is 1.66. The van der Waals surface area contributed by atoms with E-state index < -0.39 is 0 Å². The van der Waals surface area contributed by atoms with Crippen LogP contribution in [-0.2, 0) is 11.8 Å². The molecule has 0 saturated carbocycles. The topological polar surface area (TPSA) is 51.0 Å². The van der Waals surface area contributed by atoms with Crippen molar-refractivity contribution >= 4 is 17.1 Å². The molecule has 1 amide bonds. The number of aromatic nitrogens is 3. The molecule has 0 unspecified atom stereocenters. The summed E-state index contributed by atoms with van der Waals surface area (Å²) in [5.41, 5.74) is 1.84. The highest BCUT2D eigenvalue weighted by atomic mass is 16.2. The van der Waals surface area contributed by atoms with Crippen LogP contribution in [0.5, 0.6) is 0 Å². The maximum atomic E-state index is 12.1. The minimum atomic E-state index is 0.0656. The van der Waals surface area contributed by atoms with E-state index >= 15 is 0 Å². The van der Waals surface area contributed by atoms with Gasteiger partial charge in [0.15, 0.2) is 5.65 Å². The number of carbonyl (C=O) groups excluding carboxylic acids is 1. The van der Waals surface area contributed by atoms with Crippen molar-refractivity contribution in [3.63, 3.8) is 0 Å². The first-order chi connectivity index (χ1) is 9.58. The van der Waals surface area contributed by atoms with Crippen LogP contribution in [-0.4, -0.2) is 38.4 Å². The van der Waals surface area contributed by atoms with Gasteiger partial charge in [-0.1, -0.05) is 13.8 Å². The minimum Gasteiger partial charge on any atom is -0.342 e. The maximum absolute atomic E-state index is 12.1. The average Bonchev–Trinajstić information content (AvgIpc) is 3.03. The Morgan fingerprint density at radius 2 is 2.25 bits per heavy atom. The smallest absolute Gasteiger partial charge is 0.225 e. The summed E-state index contributed by atoms with van der Waals surface area (Å²) in [4.78, 5) is 23.1. The monoisotopic (exact) mass is 272 g/mol. The van der Waals surface area contributed by atoms with Crippen molar-refractivity contribution < 1.29 is 4.79 Å². The van der Waals surface area contributed by atoms with E-state index in [0.29, 0.717) is 5.92 Å². The summed E-state index contributed by atoms with van der Waals surface area (Å²) in [6.45, 7) is 5.51. The molecule has 5 nitrogen and oxygen atoms in total. The lowest BCUT2D eigenvalue weighted by Gasteiger charge is -2.18. The number of hydrogen-bond acceptors (Lipinski definition) is 3. The highest BCUT2D eigenvalue weighted by Crippen LogP contribution is 2.28. The molecule has 0 aromatic carbocycles. The Kier molecular flexibility index (Phi) is 3.20. The van der Waals surface area contributed by atoms with Crippen LogP contribution in [0.3, 0.4) is 0 Å². The van der Waals surface area contributed by atoms with E-state index in [4.69, 9.17) is 4.98 Å². The number of aryl methyl sites for hydroxylation is 1. The van der Waals surface area contributed by atoms with E-state index in [1.54, 1.807) is 6.20 Å². The van der Waals surface area contributed by atoms with E-state index in [9.17, 15) is 4.79 Å². The number of carbonyl (C=O) groups is 1. The van der Waals surface area contributed by atoms with Crippen molar-refractivity contribution in [2.75, 3.05) is 13.1 Å². The molecule has 0 bridgehead atoms. The molecule has 20 heavy (non-hydrogen) atoms. The fraction of sp³-hybridized carbons (Fsp3) is 0.533. The molecule has 1 atom stereocenters. The molecule has 1 aliphatic heterocycles. The maximum Gasteiger partial charge on any atom is 0.225 e. The van der Waals surface area contributed by atoms with E-state index in [1.807, 2.05) is 37.9 Å². The minimum absolute atomic E-state index is 0.0656. The van der Waals surface area contributed by atoms with Crippen molar-refractivity contribution in [1.29, 1.82) is 0 Å². The number of likely N-dealkylation sites (tertiary alicyclic amines) is 1. The van der Waals surface area contributed by atoms with Gasteiger partial charge >= 0.3 is 0 Å². The zero-order chi connectivity index (χ0) is 14.3. The third kappa shape index (κ3) is 2.07. The summed E-state index contributed by atoms with van der Waals surface area (Å²) in [6, 6.07) is 3.89. The number of fused-ring (bicyclic) bond motifs is 1. The Morgan fingerprint density at radius 3 is 2.95 bits per heavy atom. The molecule has 0 N–H and O–H groups in total. The molecular weight excluding hydrogens is 252 g/mol. The molecule has 0 spiro atoms. The van der Waals surface area contributed by atoms with Gasteiger partial charge in [-0.2, -0.15) is 0 Å². The van der Waals surface area contributed by atoms with Crippen molar-refractivity contribution in [3.8, 4) is 0 Å². The van der Waals surface area contributed by atoms with Crippen molar-refractivity contribution in [3.05, 3.63) is 24.2 Å². The first kappa shape index (κ1) is 13.1. The summed E-state index contributed by atoms with van der Waals surface area (Å²) in [5, 5.41) is 0. The van der Waals surface area contributed by atoms with Crippen LogP contribution < -0.4 is 0 Å². The van der Waals surface area contributed by atoms with E-state index in [1.165, 1.54) is 0 Å². The summed E-state index contributed by atoms with van der Waals surface area (Å²) >= 11 is 0. The van der Waals surface area contributed by atoms with Crippen LogP contribution >= 0.6 is 0 Å². The fourth-order valence-corrected chi connectivity index (χ4v) is 2.94. The molecule has 3 heterocycles. The first-order valence-corrected chi connectivity index (χ1v) is 7.14. The van der Waals surface area contributed by atoms with Gasteiger partial charge in [0.05, 0.1) is 0 Å². The second-order valence-corrected chi connectivity index (χ2v) is 5.80. The molecule has 0 radical (unpaired) electrons. The Morgan fingerprint density at radius 1 is 1.45 bits per heavy atom. The van der Waals surface area contributed by atoms with E-state index in [2.05, 4.69) is 9.55 Å². The van der Waals surface area contributed by atoms with Gasteiger partial charge in [0.2, 0.25) is 5.91 Å². The molecule has 1 saturated heterocycles. The van der Waals surface area contributed by atoms with Gasteiger partial charge in [0.1, 0.15) is 11.3 Å². The Bertz CT molecular complexity index is 646. The van der Waals surface area contributed by atoms with Gasteiger partial charge in [-0.25, -0.2) is 9.97 Å². The van der Waals surface area contributed by atoms with E-state index in [-0.39, 0.29) is 11.8 Å². The lowest BCUT2D eigenvalue weighted by molar-refractivity contribution is -0.133. The third-order valence-electron chi connectivity index (χ3n) is 4.02. The second kappa shape index (κ2) is 4.89. The van der Waals surface area contributed by atoms with Gasteiger partial charge in [0.25, 0.3) is 0 Å². The van der Waals surface area contributed by atoms with Gasteiger partial charge in [0, 0.05) is 38.2 Å². The molecule has 1 aliphatic rings. The number of pyridine rings is 1. The summed E-state index contributed by atoms with van der Waals surface area (Å²) < 4.78 is 2.06. The summed E-state index contributed by atoms with van der Waals surface area (Å²) in [6.07, 6.45) is 2.77. The van der Waals surface area contributed by atoms with Crippen molar-refractivity contribution in [2.24, 2.45) is 13.0 Å². The predicted octanol–water partition coefficient (Wildman–Crippen LogP) is 1.94. The number of hydrogen-bond donors (Lipinski definition) is 0. The zero-order valence-corrected chi connectivity index (χ0v) is 12.2. The van der Waals surface area contributed by atoms with Crippen LogP contribution in [0.4, 0.5) is 0 Å². The number of imidazole rings is 1. The third-order valence-corrected chi connectivity index (χ3v) is 4.02. The Hall–Kier alpha value is -1.91. The zero-order valence-electron chi connectivity index (χ0n) is 12.2. The molecular formula is C15H20N4O. The van der Waals surface area contributed by atoms with Gasteiger partial charge < -0.3 is 9.47 Å². The Balaban J connectivity index is 1.86. The van der Waals surface area contributed by atoms with E-state index in [0.717, 1.165) is 36.5 Å². The van der Waals surface area contributed by atoms with Crippen LogP contribution in [0.25, 0.3) is 11.2 Å². The molecule has 0 aliphatic carbocycles. The predicted molar refractivity (Wildman–Crippen MR) is 77.3 cm³/mol. The standard InChI is InChI=1S/C15H20N4O/c1-10(2)15(20)19-8-6-11(9-19)13-17-12-5-4-7-16-14(12)18(13)3/h4-5,7,10-11H,6,8-9H2,1-3H3/t11-/m0/s1. The normalized spacial score (nSPS) is 19.2.